The topological polar surface area (TPSA) is 40.6 Å². The van der Waals surface area contributed by atoms with E-state index in [1.807, 2.05) is 0 Å². The van der Waals surface area contributed by atoms with Gasteiger partial charge < -0.3 is 10.1 Å². The average molecular weight is 521 g/mol. The van der Waals surface area contributed by atoms with Crippen molar-refractivity contribution < 1.29 is 4.74 Å². The van der Waals surface area contributed by atoms with Crippen molar-refractivity contribution in [3.05, 3.63) is 107 Å². The Morgan fingerprint density at radius 2 is 1.41 bits per heavy atom. The summed E-state index contributed by atoms with van der Waals surface area (Å²) in [5.41, 5.74) is 7.82. The predicted molar refractivity (Wildman–Crippen MR) is 160 cm³/mol. The van der Waals surface area contributed by atoms with E-state index in [2.05, 4.69) is 100 Å². The highest BCUT2D eigenvalue weighted by molar-refractivity contribution is 5.93. The number of benzene rings is 3. The summed E-state index contributed by atoms with van der Waals surface area (Å²) in [6.45, 7) is 7.59. The predicted octanol–water partition coefficient (Wildman–Crippen LogP) is 5.95. The van der Waals surface area contributed by atoms with Gasteiger partial charge in [0.1, 0.15) is 0 Å². The van der Waals surface area contributed by atoms with Gasteiger partial charge in [-0.05, 0) is 48.4 Å². The van der Waals surface area contributed by atoms with Crippen LogP contribution < -0.4 is 5.32 Å². The highest BCUT2D eigenvalue weighted by Gasteiger charge is 2.26. The third-order valence-electron chi connectivity index (χ3n) is 8.27. The van der Waals surface area contributed by atoms with Crippen molar-refractivity contribution in [2.45, 2.75) is 31.7 Å². The summed E-state index contributed by atoms with van der Waals surface area (Å²) >= 11 is 0. The van der Waals surface area contributed by atoms with E-state index in [0.717, 1.165) is 70.8 Å². The van der Waals surface area contributed by atoms with Gasteiger partial charge in [-0.1, -0.05) is 78.9 Å². The maximum atomic E-state index is 6.09. The second-order valence-electron chi connectivity index (χ2n) is 10.8. The molecule has 1 saturated heterocycles. The molecule has 5 nitrogen and oxygen atoms in total. The molecule has 0 unspecified atom stereocenters. The Morgan fingerprint density at radius 3 is 2.15 bits per heavy atom. The van der Waals surface area contributed by atoms with Crippen molar-refractivity contribution in [2.24, 2.45) is 0 Å². The molecule has 2 heterocycles. The molecule has 39 heavy (non-hydrogen) atoms. The highest BCUT2D eigenvalue weighted by Crippen LogP contribution is 2.33. The Hall–Kier alpha value is -3.25. The molecule has 6 rings (SSSR count). The fourth-order valence-corrected chi connectivity index (χ4v) is 6.25. The number of aromatic nitrogens is 1. The molecule has 5 heteroatoms. The Kier molecular flexibility index (Phi) is 8.49. The molecule has 0 bridgehead atoms. The summed E-state index contributed by atoms with van der Waals surface area (Å²) in [5.74, 6) is 0. The van der Waals surface area contributed by atoms with Gasteiger partial charge in [0.05, 0.1) is 24.8 Å². The summed E-state index contributed by atoms with van der Waals surface area (Å²) in [6, 6.07) is 30.7. The van der Waals surface area contributed by atoms with E-state index >= 15 is 0 Å². The molecular weight excluding hydrogens is 480 g/mol. The SMILES string of the molecule is c1ccc(C(c2ccccc2)N2CCN(CCOCCNc3c4c(nc5ccccc35)CCCC4)CC2)cc1. The van der Waals surface area contributed by atoms with Gasteiger partial charge in [0.15, 0.2) is 0 Å². The molecule has 3 aromatic carbocycles. The van der Waals surface area contributed by atoms with Crippen LogP contribution >= 0.6 is 0 Å². The van der Waals surface area contributed by atoms with Crippen molar-refractivity contribution in [3.8, 4) is 0 Å². The van der Waals surface area contributed by atoms with Crippen LogP contribution in [-0.2, 0) is 17.6 Å². The van der Waals surface area contributed by atoms with Crippen molar-refractivity contribution >= 4 is 16.6 Å². The smallest absolute Gasteiger partial charge is 0.0726 e. The number of nitrogens with one attached hydrogen (secondary N) is 1. The number of anilines is 1. The number of ether oxygens (including phenoxy) is 1. The Morgan fingerprint density at radius 1 is 0.744 bits per heavy atom. The number of hydrogen-bond acceptors (Lipinski definition) is 5. The van der Waals surface area contributed by atoms with Gasteiger partial charge in [-0.15, -0.1) is 0 Å². The molecule has 202 valence electrons. The summed E-state index contributed by atoms with van der Waals surface area (Å²) in [5, 5.41) is 4.95. The largest absolute Gasteiger partial charge is 0.382 e. The molecule has 2 aliphatic rings. The number of para-hydroxylation sites is 1. The zero-order valence-corrected chi connectivity index (χ0v) is 22.9. The number of nitrogens with zero attached hydrogens (tertiary/aromatic N) is 3. The number of rotatable bonds is 10. The van der Waals surface area contributed by atoms with Crippen molar-refractivity contribution in [1.29, 1.82) is 0 Å². The molecule has 0 radical (unpaired) electrons. The minimum atomic E-state index is 0.312. The summed E-state index contributed by atoms with van der Waals surface area (Å²) in [7, 11) is 0. The third kappa shape index (κ3) is 6.17. The lowest BCUT2D eigenvalue weighted by Gasteiger charge is -2.39. The van der Waals surface area contributed by atoms with Gasteiger partial charge in [-0.25, -0.2) is 0 Å². The van der Waals surface area contributed by atoms with E-state index in [-0.39, 0.29) is 0 Å². The minimum Gasteiger partial charge on any atom is -0.382 e. The van der Waals surface area contributed by atoms with E-state index in [1.54, 1.807) is 0 Å². The van der Waals surface area contributed by atoms with Gasteiger partial charge in [0, 0.05) is 56.0 Å². The summed E-state index contributed by atoms with van der Waals surface area (Å²) in [4.78, 5) is 10.1. The van der Waals surface area contributed by atoms with Gasteiger partial charge in [-0.2, -0.15) is 0 Å². The molecule has 1 aromatic heterocycles. The zero-order chi connectivity index (χ0) is 26.3. The van der Waals surface area contributed by atoms with Gasteiger partial charge in [0.2, 0.25) is 0 Å². The number of aryl methyl sites for hydroxylation is 1. The minimum absolute atomic E-state index is 0.312. The monoisotopic (exact) mass is 520 g/mol. The Labute approximate surface area is 232 Å². The number of hydrogen-bond donors (Lipinski definition) is 1. The van der Waals surface area contributed by atoms with Crippen LogP contribution in [0.1, 0.15) is 41.3 Å². The van der Waals surface area contributed by atoms with Crippen molar-refractivity contribution in [2.75, 3.05) is 57.8 Å². The van der Waals surface area contributed by atoms with Crippen LogP contribution in [0.15, 0.2) is 84.9 Å². The van der Waals surface area contributed by atoms with Crippen LogP contribution in [0.3, 0.4) is 0 Å². The van der Waals surface area contributed by atoms with Crippen LogP contribution in [0.2, 0.25) is 0 Å². The molecule has 0 saturated carbocycles. The molecule has 0 spiro atoms. The lowest BCUT2D eigenvalue weighted by Crippen LogP contribution is -2.48. The number of fused-ring (bicyclic) bond motifs is 2. The Balaban J connectivity index is 0.977. The molecule has 1 N–H and O–H groups in total. The molecule has 0 amide bonds. The standard InChI is InChI=1S/C34H40N4O/c1-3-11-27(12-4-1)34(28-13-5-2-6-14-28)38-22-20-37(21-23-38)24-26-39-25-19-35-33-29-15-7-9-17-31(29)36-32-18-10-8-16-30(32)33/h1-7,9,11-15,17,34H,8,10,16,18-26H2,(H,35,36). The van der Waals surface area contributed by atoms with E-state index < -0.39 is 0 Å². The number of piperazine rings is 1. The first-order valence-electron chi connectivity index (χ1n) is 14.7. The lowest BCUT2D eigenvalue weighted by molar-refractivity contribution is 0.0699. The maximum absolute atomic E-state index is 6.09. The third-order valence-corrected chi connectivity index (χ3v) is 8.27. The summed E-state index contributed by atoms with van der Waals surface area (Å²) in [6.07, 6.45) is 4.71. The molecular formula is C34H40N4O. The molecule has 1 aliphatic heterocycles. The van der Waals surface area contributed by atoms with E-state index in [1.165, 1.54) is 46.3 Å². The maximum Gasteiger partial charge on any atom is 0.0726 e. The Bertz CT molecular complexity index is 1300. The fraction of sp³-hybridized carbons (Fsp3) is 0.382. The average Bonchev–Trinajstić information content (AvgIpc) is 3.00. The normalized spacial score (nSPS) is 16.4. The van der Waals surface area contributed by atoms with Crippen LogP contribution in [0.5, 0.6) is 0 Å². The van der Waals surface area contributed by atoms with E-state index in [0.29, 0.717) is 6.04 Å². The zero-order valence-electron chi connectivity index (χ0n) is 22.9. The van der Waals surface area contributed by atoms with Gasteiger partial charge in [0.25, 0.3) is 0 Å². The molecule has 1 aliphatic carbocycles. The lowest BCUT2D eigenvalue weighted by atomic mass is 9.92. The second kappa shape index (κ2) is 12.7. The first-order valence-corrected chi connectivity index (χ1v) is 14.7. The van der Waals surface area contributed by atoms with E-state index in [4.69, 9.17) is 9.72 Å². The second-order valence-corrected chi connectivity index (χ2v) is 10.8. The molecule has 1 fully saturated rings. The number of pyridine rings is 1. The quantitative estimate of drug-likeness (QED) is 0.262. The molecule has 0 atom stereocenters. The first-order chi connectivity index (χ1) is 19.4. The van der Waals surface area contributed by atoms with Crippen LogP contribution in [-0.4, -0.2) is 67.3 Å². The van der Waals surface area contributed by atoms with Crippen molar-refractivity contribution in [1.82, 2.24) is 14.8 Å². The van der Waals surface area contributed by atoms with E-state index in [9.17, 15) is 0 Å². The fourth-order valence-electron chi connectivity index (χ4n) is 6.25. The first kappa shape index (κ1) is 26.0. The van der Waals surface area contributed by atoms with Crippen LogP contribution in [0, 0.1) is 0 Å². The van der Waals surface area contributed by atoms with Gasteiger partial charge in [-0.3, -0.25) is 14.8 Å². The van der Waals surface area contributed by atoms with Crippen LogP contribution in [0.25, 0.3) is 10.9 Å². The van der Waals surface area contributed by atoms with Crippen molar-refractivity contribution in [3.63, 3.8) is 0 Å². The summed E-state index contributed by atoms with van der Waals surface area (Å²) < 4.78 is 6.09. The molecule has 4 aromatic rings. The van der Waals surface area contributed by atoms with Crippen LogP contribution in [0.4, 0.5) is 5.69 Å². The highest BCUT2D eigenvalue weighted by atomic mass is 16.5. The van der Waals surface area contributed by atoms with Gasteiger partial charge >= 0.3 is 0 Å².